The third-order valence-corrected chi connectivity index (χ3v) is 3.86. The Labute approximate surface area is 125 Å². The Morgan fingerprint density at radius 2 is 2.14 bits per heavy atom. The van der Waals surface area contributed by atoms with E-state index in [0.717, 1.165) is 5.56 Å². The van der Waals surface area contributed by atoms with Gasteiger partial charge in [-0.3, -0.25) is 0 Å². The van der Waals surface area contributed by atoms with Crippen LogP contribution in [-0.4, -0.2) is 43.0 Å². The van der Waals surface area contributed by atoms with Gasteiger partial charge in [-0.1, -0.05) is 12.1 Å². The molecule has 4 rings (SSSR count). The number of benzene rings is 1. The van der Waals surface area contributed by atoms with E-state index in [9.17, 15) is 9.50 Å². The molecule has 3 aromatic rings. The van der Waals surface area contributed by atoms with E-state index in [1.54, 1.807) is 18.2 Å². The van der Waals surface area contributed by atoms with Crippen LogP contribution < -0.4 is 4.90 Å². The second-order valence-electron chi connectivity index (χ2n) is 5.33. The second-order valence-corrected chi connectivity index (χ2v) is 5.33. The molecule has 0 aliphatic carbocycles. The smallest absolute Gasteiger partial charge is 0.200 e. The number of rotatable bonds is 2. The van der Waals surface area contributed by atoms with E-state index < -0.39 is 6.10 Å². The molecule has 0 spiro atoms. The van der Waals surface area contributed by atoms with E-state index >= 15 is 0 Å². The summed E-state index contributed by atoms with van der Waals surface area (Å²) in [5, 5.41) is 25.5. The topological polar surface area (TPSA) is 79.4 Å². The highest BCUT2D eigenvalue weighted by molar-refractivity contribution is 5.48. The lowest BCUT2D eigenvalue weighted by atomic mass is 10.0. The van der Waals surface area contributed by atoms with Crippen molar-refractivity contribution in [1.29, 1.82) is 0 Å². The van der Waals surface area contributed by atoms with E-state index in [1.807, 2.05) is 11.0 Å². The summed E-state index contributed by atoms with van der Waals surface area (Å²) in [6.07, 6.45) is 0.0401. The first-order valence-corrected chi connectivity index (χ1v) is 6.96. The second kappa shape index (κ2) is 4.99. The van der Waals surface area contributed by atoms with Crippen molar-refractivity contribution in [2.45, 2.75) is 18.6 Å². The molecule has 2 atom stereocenters. The fourth-order valence-corrected chi connectivity index (χ4v) is 2.89. The van der Waals surface area contributed by atoms with Crippen LogP contribution in [0.3, 0.4) is 0 Å². The average molecular weight is 300 g/mol. The number of anilines is 1. The van der Waals surface area contributed by atoms with Crippen molar-refractivity contribution in [3.05, 3.63) is 47.8 Å². The van der Waals surface area contributed by atoms with E-state index in [4.69, 9.17) is 0 Å². The minimum Gasteiger partial charge on any atom is -0.391 e. The van der Waals surface area contributed by atoms with Crippen LogP contribution in [0.5, 0.6) is 0 Å². The van der Waals surface area contributed by atoms with E-state index in [0.29, 0.717) is 24.4 Å². The summed E-state index contributed by atoms with van der Waals surface area (Å²) in [7, 11) is 0. The summed E-state index contributed by atoms with van der Waals surface area (Å²) in [5.74, 6) is 0.355. The molecule has 0 amide bonds. The SMILES string of the molecule is O[C@@H]1C[C@H](c2cccc(F)c2)N(c2ccc3nnnn3n2)C1. The maximum atomic E-state index is 13.5. The molecule has 0 radical (unpaired) electrons. The highest BCUT2D eigenvalue weighted by Gasteiger charge is 2.33. The number of tetrazole rings is 1. The molecule has 7 nitrogen and oxygen atoms in total. The molecule has 8 heteroatoms. The van der Waals surface area contributed by atoms with Gasteiger partial charge in [-0.05, 0) is 46.7 Å². The molecular formula is C14H13FN6O. The fourth-order valence-electron chi connectivity index (χ4n) is 2.89. The summed E-state index contributed by atoms with van der Waals surface area (Å²) in [6, 6.07) is 9.86. The molecule has 3 heterocycles. The molecular weight excluding hydrogens is 287 g/mol. The largest absolute Gasteiger partial charge is 0.391 e. The zero-order valence-corrected chi connectivity index (χ0v) is 11.5. The Hall–Kier alpha value is -2.61. The Bertz CT molecular complexity index is 822. The van der Waals surface area contributed by atoms with Crippen LogP contribution in [0.25, 0.3) is 5.65 Å². The number of aliphatic hydroxyl groups is 1. The standard InChI is InChI=1S/C14H13FN6O/c15-10-3-1-2-9(6-10)12-7-11(22)8-20(12)14-5-4-13-16-18-19-21(13)17-14/h1-6,11-12,22H,7-8H2/t11-,12-/m1/s1. The molecule has 1 saturated heterocycles. The molecule has 1 aromatic carbocycles. The van der Waals surface area contributed by atoms with Crippen molar-refractivity contribution in [2.75, 3.05) is 11.4 Å². The third-order valence-electron chi connectivity index (χ3n) is 3.86. The van der Waals surface area contributed by atoms with Crippen LogP contribution in [0.15, 0.2) is 36.4 Å². The predicted molar refractivity (Wildman–Crippen MR) is 75.7 cm³/mol. The normalized spacial score (nSPS) is 21.6. The average Bonchev–Trinajstić information content (AvgIpc) is 3.12. The summed E-state index contributed by atoms with van der Waals surface area (Å²) >= 11 is 0. The van der Waals surface area contributed by atoms with E-state index in [2.05, 4.69) is 20.6 Å². The Morgan fingerprint density at radius 1 is 1.23 bits per heavy atom. The Morgan fingerprint density at radius 3 is 3.00 bits per heavy atom. The van der Waals surface area contributed by atoms with Gasteiger partial charge in [0.2, 0.25) is 0 Å². The predicted octanol–water partition coefficient (Wildman–Crippen LogP) is 0.971. The lowest BCUT2D eigenvalue weighted by Gasteiger charge is -2.25. The molecule has 2 aromatic heterocycles. The molecule has 0 bridgehead atoms. The maximum absolute atomic E-state index is 13.5. The van der Waals surface area contributed by atoms with Crippen LogP contribution in [-0.2, 0) is 0 Å². The van der Waals surface area contributed by atoms with Crippen LogP contribution >= 0.6 is 0 Å². The number of halogens is 1. The zero-order valence-electron chi connectivity index (χ0n) is 11.5. The quantitative estimate of drug-likeness (QED) is 0.759. The van der Waals surface area contributed by atoms with Crippen LogP contribution in [0, 0.1) is 5.82 Å². The monoisotopic (exact) mass is 300 g/mol. The van der Waals surface area contributed by atoms with Crippen molar-refractivity contribution < 1.29 is 9.50 Å². The van der Waals surface area contributed by atoms with Gasteiger partial charge < -0.3 is 10.0 Å². The minimum atomic E-state index is -0.486. The molecule has 112 valence electrons. The van der Waals surface area contributed by atoms with Crippen LogP contribution in [0.4, 0.5) is 10.2 Å². The van der Waals surface area contributed by atoms with Crippen molar-refractivity contribution in [2.24, 2.45) is 0 Å². The fraction of sp³-hybridized carbons (Fsp3) is 0.286. The number of aromatic nitrogens is 5. The number of fused-ring (bicyclic) bond motifs is 1. The Kier molecular flexibility index (Phi) is 2.97. The van der Waals surface area contributed by atoms with Crippen LogP contribution in [0.1, 0.15) is 18.0 Å². The number of nitrogens with zero attached hydrogens (tertiary/aromatic N) is 6. The first-order valence-electron chi connectivity index (χ1n) is 6.96. The van der Waals surface area contributed by atoms with Gasteiger partial charge in [-0.25, -0.2) is 4.39 Å². The molecule has 1 aliphatic rings. The highest BCUT2D eigenvalue weighted by atomic mass is 19.1. The van der Waals surface area contributed by atoms with Crippen LogP contribution in [0.2, 0.25) is 0 Å². The van der Waals surface area contributed by atoms with Gasteiger partial charge in [-0.2, -0.15) is 0 Å². The zero-order chi connectivity index (χ0) is 15.1. The minimum absolute atomic E-state index is 0.132. The summed E-state index contributed by atoms with van der Waals surface area (Å²) < 4.78 is 14.8. The van der Waals surface area contributed by atoms with Gasteiger partial charge in [0.25, 0.3) is 0 Å². The van der Waals surface area contributed by atoms with Crippen molar-refractivity contribution in [1.82, 2.24) is 25.3 Å². The molecule has 0 saturated carbocycles. The van der Waals surface area contributed by atoms with Gasteiger partial charge in [0.05, 0.1) is 12.1 Å². The summed E-state index contributed by atoms with van der Waals surface area (Å²) in [5.41, 5.74) is 1.36. The first kappa shape index (κ1) is 13.1. The number of aliphatic hydroxyl groups excluding tert-OH is 1. The highest BCUT2D eigenvalue weighted by Crippen LogP contribution is 2.35. The third kappa shape index (κ3) is 2.17. The van der Waals surface area contributed by atoms with Gasteiger partial charge >= 0.3 is 0 Å². The molecule has 22 heavy (non-hydrogen) atoms. The van der Waals surface area contributed by atoms with Gasteiger partial charge in [0.1, 0.15) is 5.82 Å². The maximum Gasteiger partial charge on any atom is 0.200 e. The molecule has 1 fully saturated rings. The molecule has 1 N–H and O–H groups in total. The van der Waals surface area contributed by atoms with Gasteiger partial charge in [0, 0.05) is 6.54 Å². The van der Waals surface area contributed by atoms with Crippen molar-refractivity contribution in [3.63, 3.8) is 0 Å². The summed E-state index contributed by atoms with van der Waals surface area (Å²) in [4.78, 5) is 1.94. The molecule has 1 aliphatic heterocycles. The lowest BCUT2D eigenvalue weighted by molar-refractivity contribution is 0.194. The van der Waals surface area contributed by atoms with E-state index in [-0.39, 0.29) is 11.9 Å². The van der Waals surface area contributed by atoms with Gasteiger partial charge in [-0.15, -0.1) is 14.8 Å². The van der Waals surface area contributed by atoms with E-state index in [1.165, 1.54) is 16.8 Å². The Balaban J connectivity index is 1.74. The number of hydrogen-bond acceptors (Lipinski definition) is 6. The van der Waals surface area contributed by atoms with Crippen molar-refractivity contribution in [3.8, 4) is 0 Å². The molecule has 0 unspecified atom stereocenters. The first-order chi connectivity index (χ1) is 10.7. The van der Waals surface area contributed by atoms with Gasteiger partial charge in [0.15, 0.2) is 11.5 Å². The van der Waals surface area contributed by atoms with Crippen molar-refractivity contribution >= 4 is 11.5 Å². The lowest BCUT2D eigenvalue weighted by Crippen LogP contribution is -2.26. The number of hydrogen-bond donors (Lipinski definition) is 1. The number of β-amino-alcohol motifs (C(OH)–C–C–N with tert-alkyl or cyclic N) is 1. The summed E-state index contributed by atoms with van der Waals surface area (Å²) in [6.45, 7) is 0.432.